The second kappa shape index (κ2) is 14.6. The molecular formula is C34H36N4O6S. The maximum absolute atomic E-state index is 14.4. The van der Waals surface area contributed by atoms with E-state index in [0.29, 0.717) is 0 Å². The summed E-state index contributed by atoms with van der Waals surface area (Å²) in [7, 11) is -4.36. The van der Waals surface area contributed by atoms with Crippen molar-refractivity contribution in [1.82, 2.24) is 10.2 Å². The SMILES string of the molecule is Cc1ccc(CN(C(=O)CN(c2cccc([N+](=O)[O-])c2)S(=O)(=O)c2ccccc2)[C@@H](Cc2ccccc2)C(=O)NC(C)C)cc1. The van der Waals surface area contributed by atoms with Crippen LogP contribution in [0, 0.1) is 17.0 Å². The van der Waals surface area contributed by atoms with Crippen LogP contribution in [0.5, 0.6) is 0 Å². The number of carbonyl (C=O) groups is 2. The zero-order valence-electron chi connectivity index (χ0n) is 25.4. The maximum atomic E-state index is 14.4. The fraction of sp³-hybridized carbons (Fsp3) is 0.235. The monoisotopic (exact) mass is 628 g/mol. The zero-order valence-corrected chi connectivity index (χ0v) is 26.2. The van der Waals surface area contributed by atoms with Crippen molar-refractivity contribution in [2.45, 2.75) is 50.7 Å². The summed E-state index contributed by atoms with van der Waals surface area (Å²) in [5, 5.41) is 14.5. The van der Waals surface area contributed by atoms with E-state index in [2.05, 4.69) is 5.32 Å². The minimum atomic E-state index is -4.36. The molecule has 0 saturated carbocycles. The molecule has 0 fully saturated rings. The normalized spacial score (nSPS) is 11.9. The molecule has 0 aliphatic rings. The smallest absolute Gasteiger partial charge is 0.271 e. The molecule has 4 aromatic rings. The Kier molecular flexibility index (Phi) is 10.7. The number of non-ortho nitro benzene ring substituents is 1. The number of anilines is 1. The van der Waals surface area contributed by atoms with Gasteiger partial charge in [0, 0.05) is 31.1 Å². The third-order valence-corrected chi connectivity index (χ3v) is 8.90. The molecule has 234 valence electrons. The predicted molar refractivity (Wildman–Crippen MR) is 173 cm³/mol. The van der Waals surface area contributed by atoms with Crippen LogP contribution in [0.4, 0.5) is 11.4 Å². The highest BCUT2D eigenvalue weighted by Crippen LogP contribution is 2.28. The molecule has 11 heteroatoms. The van der Waals surface area contributed by atoms with Crippen LogP contribution in [-0.2, 0) is 32.6 Å². The number of rotatable bonds is 13. The summed E-state index contributed by atoms with van der Waals surface area (Å²) in [5.74, 6) is -1.04. The van der Waals surface area contributed by atoms with E-state index in [1.807, 2.05) is 75.4 Å². The van der Waals surface area contributed by atoms with Crippen LogP contribution in [0.15, 0.2) is 114 Å². The Hall–Kier alpha value is -5.03. The molecule has 1 atom stereocenters. The standard InChI is InChI=1S/C34H36N4O6S/c1-25(2)35-34(40)32(21-27-11-6-4-7-12-27)36(23-28-19-17-26(3)18-20-28)33(39)24-37(29-13-10-14-30(22-29)38(41)42)45(43,44)31-15-8-5-9-16-31/h4-20,22,25,32H,21,23-24H2,1-3H3,(H,35,40)/t32-/m0/s1. The molecule has 0 aromatic heterocycles. The highest BCUT2D eigenvalue weighted by atomic mass is 32.2. The van der Waals surface area contributed by atoms with Gasteiger partial charge in [-0.25, -0.2) is 8.42 Å². The Morgan fingerprint density at radius 2 is 1.47 bits per heavy atom. The molecule has 2 amide bonds. The topological polar surface area (TPSA) is 130 Å². The van der Waals surface area contributed by atoms with Gasteiger partial charge >= 0.3 is 0 Å². The van der Waals surface area contributed by atoms with Crippen LogP contribution in [0.1, 0.15) is 30.5 Å². The molecule has 0 radical (unpaired) electrons. The lowest BCUT2D eigenvalue weighted by Gasteiger charge is -2.34. The molecule has 4 rings (SSSR count). The van der Waals surface area contributed by atoms with Gasteiger partial charge in [0.15, 0.2) is 0 Å². The van der Waals surface area contributed by atoms with Crippen LogP contribution in [0.2, 0.25) is 0 Å². The van der Waals surface area contributed by atoms with Gasteiger partial charge in [-0.05, 0) is 50.1 Å². The zero-order chi connectivity index (χ0) is 32.6. The van der Waals surface area contributed by atoms with Crippen molar-refractivity contribution in [3.8, 4) is 0 Å². The van der Waals surface area contributed by atoms with Gasteiger partial charge in [0.25, 0.3) is 15.7 Å². The van der Waals surface area contributed by atoms with Gasteiger partial charge in [0.1, 0.15) is 12.6 Å². The van der Waals surface area contributed by atoms with Crippen LogP contribution in [-0.4, -0.2) is 48.7 Å². The first-order valence-corrected chi connectivity index (χ1v) is 15.9. The number of hydrogen-bond acceptors (Lipinski definition) is 6. The van der Waals surface area contributed by atoms with Crippen molar-refractivity contribution in [3.63, 3.8) is 0 Å². The van der Waals surface area contributed by atoms with Crippen molar-refractivity contribution in [3.05, 3.63) is 136 Å². The summed E-state index contributed by atoms with van der Waals surface area (Å²) in [4.78, 5) is 40.4. The molecule has 0 aliphatic carbocycles. The average Bonchev–Trinajstić information content (AvgIpc) is 3.02. The molecule has 45 heavy (non-hydrogen) atoms. The van der Waals surface area contributed by atoms with E-state index in [9.17, 15) is 28.1 Å². The van der Waals surface area contributed by atoms with Crippen LogP contribution in [0.25, 0.3) is 0 Å². The van der Waals surface area contributed by atoms with Crippen LogP contribution in [0.3, 0.4) is 0 Å². The lowest BCUT2D eigenvalue weighted by molar-refractivity contribution is -0.384. The minimum absolute atomic E-state index is 0.0241. The van der Waals surface area contributed by atoms with Gasteiger partial charge in [-0.1, -0.05) is 84.4 Å². The van der Waals surface area contributed by atoms with E-state index in [1.165, 1.54) is 35.2 Å². The Morgan fingerprint density at radius 1 is 0.844 bits per heavy atom. The third-order valence-electron chi connectivity index (χ3n) is 7.11. The fourth-order valence-corrected chi connectivity index (χ4v) is 6.26. The largest absolute Gasteiger partial charge is 0.352 e. The number of nitrogens with one attached hydrogen (secondary N) is 1. The van der Waals surface area contributed by atoms with E-state index in [1.54, 1.807) is 18.2 Å². The molecule has 0 unspecified atom stereocenters. The van der Waals surface area contributed by atoms with E-state index in [-0.39, 0.29) is 41.2 Å². The highest BCUT2D eigenvalue weighted by Gasteiger charge is 2.35. The van der Waals surface area contributed by atoms with Gasteiger partial charge in [-0.3, -0.25) is 24.0 Å². The molecule has 0 spiro atoms. The van der Waals surface area contributed by atoms with Crippen LogP contribution < -0.4 is 9.62 Å². The van der Waals surface area contributed by atoms with Crippen molar-refractivity contribution < 1.29 is 22.9 Å². The average molecular weight is 629 g/mol. The van der Waals surface area contributed by atoms with Crippen molar-refractivity contribution in [2.24, 2.45) is 0 Å². The van der Waals surface area contributed by atoms with E-state index >= 15 is 0 Å². The maximum Gasteiger partial charge on any atom is 0.271 e. The van der Waals surface area contributed by atoms with Gasteiger partial charge in [0.05, 0.1) is 15.5 Å². The number of aryl methyl sites for hydroxylation is 1. The summed E-state index contributed by atoms with van der Waals surface area (Å²) in [6.07, 6.45) is 0.180. The first-order valence-electron chi connectivity index (χ1n) is 14.5. The van der Waals surface area contributed by atoms with E-state index in [4.69, 9.17) is 0 Å². The summed E-state index contributed by atoms with van der Waals surface area (Å²) >= 11 is 0. The van der Waals surface area contributed by atoms with E-state index < -0.39 is 33.4 Å². The Bertz CT molecular complexity index is 1730. The lowest BCUT2D eigenvalue weighted by atomic mass is 10.0. The first kappa shape index (κ1) is 32.9. The number of amides is 2. The molecule has 0 saturated heterocycles. The van der Waals surface area contributed by atoms with Crippen LogP contribution >= 0.6 is 0 Å². The molecule has 0 heterocycles. The lowest BCUT2D eigenvalue weighted by Crippen LogP contribution is -2.54. The molecule has 1 N–H and O–H groups in total. The fourth-order valence-electron chi connectivity index (χ4n) is 4.84. The van der Waals surface area contributed by atoms with Crippen molar-refractivity contribution in [2.75, 3.05) is 10.8 Å². The number of sulfonamides is 1. The van der Waals surface area contributed by atoms with Gasteiger partial charge in [0.2, 0.25) is 11.8 Å². The number of nitro groups is 1. The predicted octanol–water partition coefficient (Wildman–Crippen LogP) is 5.26. The second-order valence-electron chi connectivity index (χ2n) is 11.0. The second-order valence-corrected chi connectivity index (χ2v) is 12.8. The number of nitrogens with zero attached hydrogens (tertiary/aromatic N) is 3. The summed E-state index contributed by atoms with van der Waals surface area (Å²) in [6, 6.07) is 28.2. The Labute approximate surface area is 263 Å². The summed E-state index contributed by atoms with van der Waals surface area (Å²) in [6.45, 7) is 4.90. The molecule has 4 aromatic carbocycles. The Balaban J connectivity index is 1.82. The number of hydrogen-bond donors (Lipinski definition) is 1. The number of carbonyl (C=O) groups excluding carboxylic acids is 2. The van der Waals surface area contributed by atoms with Gasteiger partial charge in [-0.15, -0.1) is 0 Å². The number of benzene rings is 4. The molecule has 0 aliphatic heterocycles. The molecular weight excluding hydrogens is 592 g/mol. The summed E-state index contributed by atoms with van der Waals surface area (Å²) < 4.78 is 28.9. The first-order chi connectivity index (χ1) is 21.5. The van der Waals surface area contributed by atoms with E-state index in [0.717, 1.165) is 27.1 Å². The number of nitro benzene ring substituents is 1. The molecule has 10 nitrogen and oxygen atoms in total. The van der Waals surface area contributed by atoms with Crippen molar-refractivity contribution in [1.29, 1.82) is 0 Å². The third kappa shape index (κ3) is 8.54. The van der Waals surface area contributed by atoms with Gasteiger partial charge < -0.3 is 10.2 Å². The quantitative estimate of drug-likeness (QED) is 0.159. The molecule has 0 bridgehead atoms. The van der Waals surface area contributed by atoms with Gasteiger partial charge in [-0.2, -0.15) is 0 Å². The van der Waals surface area contributed by atoms with Crippen molar-refractivity contribution >= 4 is 33.2 Å². The Morgan fingerprint density at radius 3 is 2.07 bits per heavy atom. The highest BCUT2D eigenvalue weighted by molar-refractivity contribution is 7.92. The minimum Gasteiger partial charge on any atom is -0.352 e. The summed E-state index contributed by atoms with van der Waals surface area (Å²) in [5.41, 5.74) is 2.19.